The third kappa shape index (κ3) is 3.74. The van der Waals surface area contributed by atoms with E-state index < -0.39 is 5.97 Å². The second-order valence-corrected chi connectivity index (χ2v) is 5.98. The third-order valence-corrected chi connectivity index (χ3v) is 4.17. The number of hydrogen-bond donors (Lipinski definition) is 2. The van der Waals surface area contributed by atoms with E-state index in [0.717, 1.165) is 17.7 Å². The second-order valence-electron chi connectivity index (χ2n) is 4.08. The Labute approximate surface area is 117 Å². The van der Waals surface area contributed by atoms with Gasteiger partial charge in [0.05, 0.1) is 11.3 Å². The summed E-state index contributed by atoms with van der Waals surface area (Å²) in [6.45, 7) is 0. The Hall–Kier alpha value is -1.01. The molecule has 6 heteroatoms. The molecule has 0 aromatic heterocycles. The van der Waals surface area contributed by atoms with Gasteiger partial charge in [-0.3, -0.25) is 4.79 Å². The predicted octanol–water partition coefficient (Wildman–Crippen LogP) is 2.52. The molecule has 0 bridgehead atoms. The smallest absolute Gasteiger partial charge is 0.336 e. The standard InChI is InChI=1S/C12H12BrNO3S/c13-10-4-3-8(5-9(10)12(16)17)18-6-11(15)14-7-1-2-7/h3-5,7H,1-2,6H2,(H,14,15)(H,16,17). The summed E-state index contributed by atoms with van der Waals surface area (Å²) < 4.78 is 0.543. The van der Waals surface area contributed by atoms with Crippen molar-refractivity contribution in [3.8, 4) is 0 Å². The monoisotopic (exact) mass is 329 g/mol. The van der Waals surface area contributed by atoms with Gasteiger partial charge in [-0.1, -0.05) is 0 Å². The first-order chi connectivity index (χ1) is 8.56. The van der Waals surface area contributed by atoms with E-state index in [1.54, 1.807) is 18.2 Å². The van der Waals surface area contributed by atoms with Gasteiger partial charge >= 0.3 is 5.97 Å². The number of thioether (sulfide) groups is 1. The van der Waals surface area contributed by atoms with Gasteiger partial charge in [0.1, 0.15) is 0 Å². The minimum absolute atomic E-state index is 0.00212. The molecule has 1 aliphatic carbocycles. The van der Waals surface area contributed by atoms with Crippen molar-refractivity contribution in [1.82, 2.24) is 5.32 Å². The third-order valence-electron chi connectivity index (χ3n) is 2.48. The van der Waals surface area contributed by atoms with Crippen molar-refractivity contribution in [2.45, 2.75) is 23.8 Å². The Morgan fingerprint density at radius 1 is 1.44 bits per heavy atom. The average molecular weight is 330 g/mol. The molecule has 96 valence electrons. The Kier molecular flexibility index (Phi) is 4.29. The lowest BCUT2D eigenvalue weighted by Gasteiger charge is -2.05. The van der Waals surface area contributed by atoms with Gasteiger partial charge in [0.15, 0.2) is 0 Å². The van der Waals surface area contributed by atoms with Crippen molar-refractivity contribution < 1.29 is 14.7 Å². The molecule has 2 N–H and O–H groups in total. The SMILES string of the molecule is O=C(CSc1ccc(Br)c(C(=O)O)c1)NC1CC1. The number of carbonyl (C=O) groups excluding carboxylic acids is 1. The Morgan fingerprint density at radius 2 is 2.17 bits per heavy atom. The summed E-state index contributed by atoms with van der Waals surface area (Å²) in [6.07, 6.45) is 2.13. The van der Waals surface area contributed by atoms with Crippen molar-refractivity contribution in [3.63, 3.8) is 0 Å². The van der Waals surface area contributed by atoms with Crippen molar-refractivity contribution in [3.05, 3.63) is 28.2 Å². The van der Waals surface area contributed by atoms with Gasteiger partial charge < -0.3 is 10.4 Å². The molecule has 0 spiro atoms. The number of carboxylic acid groups (broad SMARTS) is 1. The Morgan fingerprint density at radius 3 is 2.78 bits per heavy atom. The van der Waals surface area contributed by atoms with Gasteiger partial charge in [-0.25, -0.2) is 4.79 Å². The number of carbonyl (C=O) groups is 2. The van der Waals surface area contributed by atoms with Crippen LogP contribution in [0.15, 0.2) is 27.6 Å². The number of hydrogen-bond acceptors (Lipinski definition) is 3. The highest BCUT2D eigenvalue weighted by atomic mass is 79.9. The van der Waals surface area contributed by atoms with E-state index in [-0.39, 0.29) is 11.5 Å². The van der Waals surface area contributed by atoms with Crippen LogP contribution in [0.25, 0.3) is 0 Å². The lowest BCUT2D eigenvalue weighted by Crippen LogP contribution is -2.26. The van der Waals surface area contributed by atoms with Crippen LogP contribution in [-0.4, -0.2) is 28.8 Å². The van der Waals surface area contributed by atoms with Gasteiger partial charge in [0.25, 0.3) is 0 Å². The van der Waals surface area contributed by atoms with Crippen LogP contribution in [0.4, 0.5) is 0 Å². The summed E-state index contributed by atoms with van der Waals surface area (Å²) in [6, 6.07) is 5.41. The zero-order valence-corrected chi connectivity index (χ0v) is 11.9. The van der Waals surface area contributed by atoms with Crippen LogP contribution in [0, 0.1) is 0 Å². The largest absolute Gasteiger partial charge is 0.478 e. The van der Waals surface area contributed by atoms with Gasteiger partial charge in [-0.15, -0.1) is 11.8 Å². The molecular formula is C12H12BrNO3S. The fourth-order valence-corrected chi connectivity index (χ4v) is 2.57. The zero-order chi connectivity index (χ0) is 13.1. The molecule has 0 heterocycles. The molecular weight excluding hydrogens is 318 g/mol. The summed E-state index contributed by atoms with van der Waals surface area (Å²) in [4.78, 5) is 23.2. The maximum Gasteiger partial charge on any atom is 0.336 e. The van der Waals surface area contributed by atoms with Crippen LogP contribution in [0.5, 0.6) is 0 Å². The molecule has 0 saturated heterocycles. The molecule has 1 aromatic rings. The first kappa shape index (κ1) is 13.4. The molecule has 1 amide bonds. The first-order valence-corrected chi connectivity index (χ1v) is 7.29. The van der Waals surface area contributed by atoms with Crippen molar-refractivity contribution in [2.24, 2.45) is 0 Å². The molecule has 4 nitrogen and oxygen atoms in total. The number of amides is 1. The fourth-order valence-electron chi connectivity index (χ4n) is 1.40. The zero-order valence-electron chi connectivity index (χ0n) is 9.48. The lowest BCUT2D eigenvalue weighted by atomic mass is 10.2. The quantitative estimate of drug-likeness (QED) is 0.814. The molecule has 0 unspecified atom stereocenters. The van der Waals surface area contributed by atoms with Crippen LogP contribution in [0.1, 0.15) is 23.2 Å². The van der Waals surface area contributed by atoms with Gasteiger partial charge in [-0.05, 0) is 47.0 Å². The number of halogens is 1. The highest BCUT2D eigenvalue weighted by Crippen LogP contribution is 2.25. The van der Waals surface area contributed by atoms with Crippen LogP contribution < -0.4 is 5.32 Å². The lowest BCUT2D eigenvalue weighted by molar-refractivity contribution is -0.118. The Bertz CT molecular complexity index is 488. The maximum absolute atomic E-state index is 11.5. The van der Waals surface area contributed by atoms with E-state index in [4.69, 9.17) is 5.11 Å². The number of rotatable bonds is 5. The fraction of sp³-hybridized carbons (Fsp3) is 0.333. The molecule has 1 saturated carbocycles. The summed E-state index contributed by atoms with van der Waals surface area (Å²) in [7, 11) is 0. The summed E-state index contributed by atoms with van der Waals surface area (Å²) in [5.74, 6) is -0.661. The van der Waals surface area contributed by atoms with Crippen LogP contribution in [0.3, 0.4) is 0 Å². The molecule has 2 rings (SSSR count). The van der Waals surface area contributed by atoms with Crippen LogP contribution >= 0.6 is 27.7 Å². The van der Waals surface area contributed by atoms with E-state index in [1.165, 1.54) is 11.8 Å². The maximum atomic E-state index is 11.5. The summed E-state index contributed by atoms with van der Waals surface area (Å²) in [5.41, 5.74) is 0.211. The number of nitrogens with one attached hydrogen (secondary N) is 1. The summed E-state index contributed by atoms with van der Waals surface area (Å²) >= 11 is 4.53. The number of benzene rings is 1. The highest BCUT2D eigenvalue weighted by molar-refractivity contribution is 9.10. The molecule has 1 aromatic carbocycles. The van der Waals surface area contributed by atoms with E-state index in [2.05, 4.69) is 21.2 Å². The number of aromatic carboxylic acids is 1. The van der Waals surface area contributed by atoms with Crippen molar-refractivity contribution in [2.75, 3.05) is 5.75 Å². The molecule has 1 fully saturated rings. The highest BCUT2D eigenvalue weighted by Gasteiger charge is 2.23. The molecule has 0 radical (unpaired) electrons. The van der Waals surface area contributed by atoms with Crippen LogP contribution in [0.2, 0.25) is 0 Å². The number of carboxylic acids is 1. The molecule has 0 atom stereocenters. The van der Waals surface area contributed by atoms with Gasteiger partial charge in [0, 0.05) is 15.4 Å². The van der Waals surface area contributed by atoms with E-state index in [0.29, 0.717) is 16.3 Å². The molecule has 18 heavy (non-hydrogen) atoms. The van der Waals surface area contributed by atoms with E-state index in [9.17, 15) is 9.59 Å². The van der Waals surface area contributed by atoms with Crippen LogP contribution in [-0.2, 0) is 4.79 Å². The normalized spacial score (nSPS) is 14.3. The topological polar surface area (TPSA) is 66.4 Å². The molecule has 1 aliphatic rings. The van der Waals surface area contributed by atoms with Crippen molar-refractivity contribution in [1.29, 1.82) is 0 Å². The summed E-state index contributed by atoms with van der Waals surface area (Å²) in [5, 5.41) is 11.9. The van der Waals surface area contributed by atoms with E-state index in [1.807, 2.05) is 0 Å². The minimum Gasteiger partial charge on any atom is -0.478 e. The predicted molar refractivity (Wildman–Crippen MR) is 73.0 cm³/mol. The second kappa shape index (κ2) is 5.75. The van der Waals surface area contributed by atoms with Gasteiger partial charge in [0.2, 0.25) is 5.91 Å². The average Bonchev–Trinajstić information content (AvgIpc) is 3.11. The van der Waals surface area contributed by atoms with Gasteiger partial charge in [-0.2, -0.15) is 0 Å². The van der Waals surface area contributed by atoms with E-state index >= 15 is 0 Å². The minimum atomic E-state index is -0.980. The first-order valence-electron chi connectivity index (χ1n) is 5.51. The molecule has 0 aliphatic heterocycles. The Balaban J connectivity index is 1.94. The van der Waals surface area contributed by atoms with Crippen molar-refractivity contribution >= 4 is 39.6 Å².